The van der Waals surface area contributed by atoms with Gasteiger partial charge in [0.2, 0.25) is 0 Å². The number of aryl methyl sites for hydroxylation is 1. The van der Waals surface area contributed by atoms with Gasteiger partial charge in [0.05, 0.1) is 28.3 Å². The molecule has 130 valence electrons. The van der Waals surface area contributed by atoms with Crippen LogP contribution in [0.3, 0.4) is 0 Å². The summed E-state index contributed by atoms with van der Waals surface area (Å²) >= 11 is 13.6. The lowest BCUT2D eigenvalue weighted by molar-refractivity contribution is 0.749. The Bertz CT molecular complexity index is 1170. The molecule has 0 amide bonds. The minimum Gasteiger partial charge on any atom is -0.294 e. The molecule has 3 nitrogen and oxygen atoms in total. The summed E-state index contributed by atoms with van der Waals surface area (Å²) < 4.78 is 1.61. The zero-order valence-electron chi connectivity index (χ0n) is 13.9. The number of halogens is 2. The van der Waals surface area contributed by atoms with E-state index in [4.69, 9.17) is 23.2 Å². The Morgan fingerprint density at radius 2 is 1.85 bits per heavy atom. The van der Waals surface area contributed by atoms with Crippen LogP contribution in [0.25, 0.3) is 21.3 Å². The fraction of sp³-hybridized carbons (Fsp3) is 0.100. The molecule has 2 aromatic carbocycles. The standard InChI is InChI=1S/C20H14Cl2N2OS/c1-12-17(14-5-3-2-4-6-14)18-19(26-12)23-11-24(20(18)25)10-13-7-8-15(21)16(22)9-13/h2-9,11H,10H2,1H3. The first kappa shape index (κ1) is 17.3. The van der Waals surface area contributed by atoms with Crippen LogP contribution in [0.4, 0.5) is 0 Å². The number of aromatic nitrogens is 2. The zero-order chi connectivity index (χ0) is 18.3. The maximum Gasteiger partial charge on any atom is 0.263 e. The third-order valence-corrected chi connectivity index (χ3v) is 6.01. The summed E-state index contributed by atoms with van der Waals surface area (Å²) in [7, 11) is 0. The van der Waals surface area contributed by atoms with Crippen molar-refractivity contribution in [3.05, 3.63) is 85.7 Å². The molecule has 0 aliphatic heterocycles. The van der Waals surface area contributed by atoms with Gasteiger partial charge in [0.25, 0.3) is 5.56 Å². The van der Waals surface area contributed by atoms with Crippen LogP contribution in [0, 0.1) is 6.92 Å². The molecular weight excluding hydrogens is 387 g/mol. The van der Waals surface area contributed by atoms with Gasteiger partial charge in [-0.15, -0.1) is 11.3 Å². The number of fused-ring (bicyclic) bond motifs is 1. The maximum atomic E-state index is 13.2. The quantitative estimate of drug-likeness (QED) is 0.436. The van der Waals surface area contributed by atoms with Crippen LogP contribution in [0.2, 0.25) is 10.0 Å². The predicted molar refractivity (Wildman–Crippen MR) is 110 cm³/mol. The highest BCUT2D eigenvalue weighted by Crippen LogP contribution is 2.35. The summed E-state index contributed by atoms with van der Waals surface area (Å²) in [6.07, 6.45) is 1.60. The fourth-order valence-corrected chi connectivity index (χ4v) is 4.36. The first-order valence-corrected chi connectivity index (χ1v) is 9.59. The lowest BCUT2D eigenvalue weighted by atomic mass is 10.0. The van der Waals surface area contributed by atoms with E-state index in [0.717, 1.165) is 26.4 Å². The first-order chi connectivity index (χ1) is 12.5. The van der Waals surface area contributed by atoms with E-state index in [2.05, 4.69) is 4.98 Å². The Balaban J connectivity index is 1.86. The minimum atomic E-state index is -0.0516. The van der Waals surface area contributed by atoms with Crippen molar-refractivity contribution in [1.29, 1.82) is 0 Å². The normalized spacial score (nSPS) is 11.2. The lowest BCUT2D eigenvalue weighted by Crippen LogP contribution is -2.21. The molecule has 0 saturated carbocycles. The molecule has 0 spiro atoms. The fourth-order valence-electron chi connectivity index (χ4n) is 3.04. The van der Waals surface area contributed by atoms with Gasteiger partial charge in [0.1, 0.15) is 4.83 Å². The Kier molecular flexibility index (Phi) is 4.57. The van der Waals surface area contributed by atoms with E-state index >= 15 is 0 Å². The molecule has 0 N–H and O–H groups in total. The Morgan fingerprint density at radius 1 is 1.08 bits per heavy atom. The predicted octanol–water partition coefficient (Wildman–Crippen LogP) is 5.79. The summed E-state index contributed by atoms with van der Waals surface area (Å²) in [4.78, 5) is 19.5. The molecule has 0 fully saturated rings. The summed E-state index contributed by atoms with van der Waals surface area (Å²) in [5.74, 6) is 0. The second-order valence-corrected chi connectivity index (χ2v) is 8.02. The molecule has 0 aliphatic rings. The number of rotatable bonds is 3. The molecule has 6 heteroatoms. The number of hydrogen-bond donors (Lipinski definition) is 0. The van der Waals surface area contributed by atoms with E-state index in [0.29, 0.717) is 22.0 Å². The molecule has 26 heavy (non-hydrogen) atoms. The van der Waals surface area contributed by atoms with E-state index in [1.807, 2.05) is 43.3 Å². The highest BCUT2D eigenvalue weighted by molar-refractivity contribution is 7.19. The Morgan fingerprint density at radius 3 is 2.58 bits per heavy atom. The van der Waals surface area contributed by atoms with Crippen molar-refractivity contribution >= 4 is 44.8 Å². The molecule has 4 aromatic rings. The smallest absolute Gasteiger partial charge is 0.263 e. The maximum absolute atomic E-state index is 13.2. The van der Waals surface area contributed by atoms with Crippen LogP contribution in [0.15, 0.2) is 59.7 Å². The van der Waals surface area contributed by atoms with Gasteiger partial charge in [-0.05, 0) is 30.2 Å². The minimum absolute atomic E-state index is 0.0516. The van der Waals surface area contributed by atoms with Crippen molar-refractivity contribution in [3.63, 3.8) is 0 Å². The summed E-state index contributed by atoms with van der Waals surface area (Å²) in [6.45, 7) is 2.42. The highest BCUT2D eigenvalue weighted by atomic mass is 35.5. The van der Waals surface area contributed by atoms with Gasteiger partial charge in [-0.3, -0.25) is 9.36 Å². The average Bonchev–Trinajstić information content (AvgIpc) is 2.98. The molecule has 2 aromatic heterocycles. The van der Waals surface area contributed by atoms with E-state index in [1.54, 1.807) is 34.4 Å². The van der Waals surface area contributed by atoms with Crippen molar-refractivity contribution in [2.24, 2.45) is 0 Å². The summed E-state index contributed by atoms with van der Waals surface area (Å²) in [5, 5.41) is 1.64. The largest absolute Gasteiger partial charge is 0.294 e. The monoisotopic (exact) mass is 400 g/mol. The molecule has 0 aliphatic carbocycles. The van der Waals surface area contributed by atoms with Gasteiger partial charge in [-0.2, -0.15) is 0 Å². The molecule has 4 rings (SSSR count). The number of benzene rings is 2. The van der Waals surface area contributed by atoms with Crippen molar-refractivity contribution in [1.82, 2.24) is 9.55 Å². The van der Waals surface area contributed by atoms with E-state index in [-0.39, 0.29) is 5.56 Å². The second-order valence-electron chi connectivity index (χ2n) is 6.01. The summed E-state index contributed by atoms with van der Waals surface area (Å²) in [5.41, 5.74) is 2.84. The molecule has 0 atom stereocenters. The van der Waals surface area contributed by atoms with Crippen LogP contribution in [0.5, 0.6) is 0 Å². The average molecular weight is 401 g/mol. The zero-order valence-corrected chi connectivity index (χ0v) is 16.2. The van der Waals surface area contributed by atoms with Gasteiger partial charge >= 0.3 is 0 Å². The van der Waals surface area contributed by atoms with Crippen LogP contribution < -0.4 is 5.56 Å². The van der Waals surface area contributed by atoms with E-state index < -0.39 is 0 Å². The van der Waals surface area contributed by atoms with E-state index in [1.165, 1.54) is 0 Å². The molecule has 0 bridgehead atoms. The molecule has 0 unspecified atom stereocenters. The van der Waals surface area contributed by atoms with Gasteiger partial charge in [0, 0.05) is 10.4 Å². The Hall–Kier alpha value is -2.14. The van der Waals surface area contributed by atoms with Crippen LogP contribution in [-0.4, -0.2) is 9.55 Å². The molecular formula is C20H14Cl2N2OS. The van der Waals surface area contributed by atoms with Gasteiger partial charge < -0.3 is 0 Å². The van der Waals surface area contributed by atoms with E-state index in [9.17, 15) is 4.79 Å². The Labute approximate surface area is 164 Å². The molecule has 2 heterocycles. The number of thiophene rings is 1. The van der Waals surface area contributed by atoms with Crippen LogP contribution >= 0.6 is 34.5 Å². The first-order valence-electron chi connectivity index (χ1n) is 8.02. The van der Waals surface area contributed by atoms with Gasteiger partial charge in [0.15, 0.2) is 0 Å². The van der Waals surface area contributed by atoms with Crippen molar-refractivity contribution in [2.75, 3.05) is 0 Å². The SMILES string of the molecule is Cc1sc2ncn(Cc3ccc(Cl)c(Cl)c3)c(=O)c2c1-c1ccccc1. The summed E-state index contributed by atoms with van der Waals surface area (Å²) in [6, 6.07) is 15.3. The van der Waals surface area contributed by atoms with Crippen molar-refractivity contribution in [2.45, 2.75) is 13.5 Å². The van der Waals surface area contributed by atoms with Crippen molar-refractivity contribution < 1.29 is 0 Å². The second kappa shape index (κ2) is 6.88. The topological polar surface area (TPSA) is 34.9 Å². The highest BCUT2D eigenvalue weighted by Gasteiger charge is 2.16. The third kappa shape index (κ3) is 3.05. The molecule has 0 saturated heterocycles. The van der Waals surface area contributed by atoms with Gasteiger partial charge in [-0.25, -0.2) is 4.98 Å². The van der Waals surface area contributed by atoms with Gasteiger partial charge in [-0.1, -0.05) is 59.6 Å². The van der Waals surface area contributed by atoms with Crippen LogP contribution in [-0.2, 0) is 6.54 Å². The number of hydrogen-bond acceptors (Lipinski definition) is 3. The molecule has 0 radical (unpaired) electrons. The number of nitrogens with zero attached hydrogens (tertiary/aromatic N) is 2. The lowest BCUT2D eigenvalue weighted by Gasteiger charge is -2.08. The third-order valence-electron chi connectivity index (χ3n) is 4.25. The van der Waals surface area contributed by atoms with Crippen LogP contribution in [0.1, 0.15) is 10.4 Å². The van der Waals surface area contributed by atoms with Crippen molar-refractivity contribution in [3.8, 4) is 11.1 Å².